The Balaban J connectivity index is 3.91. The minimum Gasteiger partial charge on any atom is -0.0877 e. The number of hydrogen-bond acceptors (Lipinski definition) is 0. The van der Waals surface area contributed by atoms with E-state index < -0.39 is 0 Å². The van der Waals surface area contributed by atoms with Gasteiger partial charge >= 0.3 is 0 Å². The average Bonchev–Trinajstić information content (AvgIpc) is 1.98. The summed E-state index contributed by atoms with van der Waals surface area (Å²) in [5, 5.41) is 0. The molecule has 0 heteroatoms. The molecule has 1 unspecified atom stereocenters. The minimum atomic E-state index is 0.733. The van der Waals surface area contributed by atoms with Crippen LogP contribution in [0.3, 0.4) is 0 Å². The van der Waals surface area contributed by atoms with E-state index in [0.29, 0.717) is 0 Å². The standard InChI is InChI=1S/C10H18/c1-5-7-8-10(4)9(3)6-2/h5,7-9H,6H2,1-4H3/b7-5-,10-8+. The molecule has 0 aliphatic rings. The zero-order valence-electron chi connectivity index (χ0n) is 7.52. The monoisotopic (exact) mass is 138 g/mol. The van der Waals surface area contributed by atoms with Crippen LogP contribution in [0.4, 0.5) is 0 Å². The second-order valence-corrected chi connectivity index (χ2v) is 2.75. The van der Waals surface area contributed by atoms with Gasteiger partial charge in [-0.2, -0.15) is 0 Å². The third-order valence-corrected chi connectivity index (χ3v) is 1.94. The maximum atomic E-state index is 2.26. The molecule has 0 nitrogen and oxygen atoms in total. The molecular weight excluding hydrogens is 120 g/mol. The van der Waals surface area contributed by atoms with Crippen LogP contribution in [0.2, 0.25) is 0 Å². The van der Waals surface area contributed by atoms with E-state index >= 15 is 0 Å². The average molecular weight is 138 g/mol. The second-order valence-electron chi connectivity index (χ2n) is 2.75. The maximum Gasteiger partial charge on any atom is -0.0234 e. The van der Waals surface area contributed by atoms with Crippen molar-refractivity contribution < 1.29 is 0 Å². The van der Waals surface area contributed by atoms with Crippen LogP contribution < -0.4 is 0 Å². The second kappa shape index (κ2) is 5.28. The van der Waals surface area contributed by atoms with Gasteiger partial charge in [-0.3, -0.25) is 0 Å². The van der Waals surface area contributed by atoms with Gasteiger partial charge in [0.1, 0.15) is 0 Å². The van der Waals surface area contributed by atoms with Gasteiger partial charge in [0.2, 0.25) is 0 Å². The first-order chi connectivity index (χ1) is 4.72. The Morgan fingerprint density at radius 1 is 1.50 bits per heavy atom. The Kier molecular flexibility index (Phi) is 5.00. The topological polar surface area (TPSA) is 0 Å². The van der Waals surface area contributed by atoms with Crippen LogP contribution in [-0.4, -0.2) is 0 Å². The van der Waals surface area contributed by atoms with Crippen molar-refractivity contribution in [2.75, 3.05) is 0 Å². The lowest BCUT2D eigenvalue weighted by atomic mass is 10.00. The Bertz CT molecular complexity index is 129. The first kappa shape index (κ1) is 9.48. The molecule has 1 atom stereocenters. The van der Waals surface area contributed by atoms with Crippen molar-refractivity contribution in [2.24, 2.45) is 5.92 Å². The molecule has 0 amide bonds. The summed E-state index contributed by atoms with van der Waals surface area (Å²) in [7, 11) is 0. The van der Waals surface area contributed by atoms with Crippen molar-refractivity contribution in [3.63, 3.8) is 0 Å². The summed E-state index contributed by atoms with van der Waals surface area (Å²) in [6.07, 6.45) is 7.58. The van der Waals surface area contributed by atoms with Crippen LogP contribution in [-0.2, 0) is 0 Å². The highest BCUT2D eigenvalue weighted by molar-refractivity contribution is 5.11. The molecule has 58 valence electrons. The third-order valence-electron chi connectivity index (χ3n) is 1.94. The molecule has 0 saturated carbocycles. The normalized spacial score (nSPS) is 16.2. The van der Waals surface area contributed by atoms with Gasteiger partial charge in [-0.1, -0.05) is 37.6 Å². The highest BCUT2D eigenvalue weighted by Gasteiger charge is 1.97. The highest BCUT2D eigenvalue weighted by Crippen LogP contribution is 2.12. The van der Waals surface area contributed by atoms with Crippen LogP contribution in [0.5, 0.6) is 0 Å². The number of hydrogen-bond donors (Lipinski definition) is 0. The van der Waals surface area contributed by atoms with E-state index in [1.165, 1.54) is 12.0 Å². The Morgan fingerprint density at radius 3 is 2.50 bits per heavy atom. The molecule has 0 spiro atoms. The molecule has 0 aliphatic heterocycles. The van der Waals surface area contributed by atoms with Crippen molar-refractivity contribution in [2.45, 2.75) is 34.1 Å². The smallest absolute Gasteiger partial charge is 0.0234 e. The maximum absolute atomic E-state index is 2.26. The lowest BCUT2D eigenvalue weighted by Crippen LogP contribution is -1.92. The molecule has 0 rings (SSSR count). The Labute approximate surface area is 64.6 Å². The molecule has 0 bridgehead atoms. The fourth-order valence-electron chi connectivity index (χ4n) is 0.734. The molecule has 0 heterocycles. The minimum absolute atomic E-state index is 0.733. The summed E-state index contributed by atoms with van der Waals surface area (Å²) in [4.78, 5) is 0. The fourth-order valence-corrected chi connectivity index (χ4v) is 0.734. The largest absolute Gasteiger partial charge is 0.0877 e. The molecule has 0 saturated heterocycles. The Hall–Kier alpha value is -0.520. The first-order valence-electron chi connectivity index (χ1n) is 4.01. The predicted molar refractivity (Wildman–Crippen MR) is 48.0 cm³/mol. The van der Waals surface area contributed by atoms with E-state index in [1.54, 1.807) is 0 Å². The quantitative estimate of drug-likeness (QED) is 0.523. The van der Waals surface area contributed by atoms with E-state index in [0.717, 1.165) is 5.92 Å². The lowest BCUT2D eigenvalue weighted by Gasteiger charge is -2.06. The van der Waals surface area contributed by atoms with Gasteiger partial charge < -0.3 is 0 Å². The van der Waals surface area contributed by atoms with Crippen LogP contribution in [0.25, 0.3) is 0 Å². The van der Waals surface area contributed by atoms with E-state index in [-0.39, 0.29) is 0 Å². The summed E-state index contributed by atoms with van der Waals surface area (Å²) < 4.78 is 0. The van der Waals surface area contributed by atoms with Crippen molar-refractivity contribution in [1.82, 2.24) is 0 Å². The summed E-state index contributed by atoms with van der Waals surface area (Å²) >= 11 is 0. The first-order valence-corrected chi connectivity index (χ1v) is 4.01. The predicted octanol–water partition coefficient (Wildman–Crippen LogP) is 3.55. The van der Waals surface area contributed by atoms with E-state index in [4.69, 9.17) is 0 Å². The summed E-state index contributed by atoms with van der Waals surface area (Å²) in [6, 6.07) is 0. The molecular formula is C10H18. The lowest BCUT2D eigenvalue weighted by molar-refractivity contribution is 0.655. The van der Waals surface area contributed by atoms with Crippen LogP contribution >= 0.6 is 0 Å². The van der Waals surface area contributed by atoms with Crippen molar-refractivity contribution >= 4 is 0 Å². The molecule has 0 aromatic rings. The molecule has 0 aromatic carbocycles. The van der Waals surface area contributed by atoms with E-state index in [2.05, 4.69) is 39.0 Å². The van der Waals surface area contributed by atoms with E-state index in [1.807, 2.05) is 6.92 Å². The van der Waals surface area contributed by atoms with Crippen LogP contribution in [0, 0.1) is 5.92 Å². The van der Waals surface area contributed by atoms with Gasteiger partial charge in [0.05, 0.1) is 0 Å². The summed E-state index contributed by atoms with van der Waals surface area (Å²) in [5.74, 6) is 0.733. The van der Waals surface area contributed by atoms with E-state index in [9.17, 15) is 0 Å². The van der Waals surface area contributed by atoms with Crippen molar-refractivity contribution in [1.29, 1.82) is 0 Å². The third kappa shape index (κ3) is 3.49. The van der Waals surface area contributed by atoms with Gasteiger partial charge in [-0.05, 0) is 26.2 Å². The Morgan fingerprint density at radius 2 is 2.10 bits per heavy atom. The zero-order chi connectivity index (χ0) is 7.98. The molecule has 0 fully saturated rings. The van der Waals surface area contributed by atoms with Crippen LogP contribution in [0.1, 0.15) is 34.1 Å². The van der Waals surface area contributed by atoms with Gasteiger partial charge in [-0.25, -0.2) is 0 Å². The SMILES string of the molecule is C/C=C\C=C(/C)C(C)CC. The number of allylic oxidation sites excluding steroid dienone is 4. The van der Waals surface area contributed by atoms with Gasteiger partial charge in [0.15, 0.2) is 0 Å². The summed E-state index contributed by atoms with van der Waals surface area (Å²) in [6.45, 7) is 8.71. The van der Waals surface area contributed by atoms with Crippen molar-refractivity contribution in [3.8, 4) is 0 Å². The molecule has 10 heavy (non-hydrogen) atoms. The zero-order valence-corrected chi connectivity index (χ0v) is 7.52. The highest BCUT2D eigenvalue weighted by atomic mass is 14.0. The van der Waals surface area contributed by atoms with Gasteiger partial charge in [0.25, 0.3) is 0 Å². The molecule has 0 aliphatic carbocycles. The molecule has 0 radical (unpaired) electrons. The van der Waals surface area contributed by atoms with Crippen LogP contribution in [0.15, 0.2) is 23.8 Å². The van der Waals surface area contributed by atoms with Crippen molar-refractivity contribution in [3.05, 3.63) is 23.8 Å². The molecule has 0 N–H and O–H groups in total. The van der Waals surface area contributed by atoms with Gasteiger partial charge in [-0.15, -0.1) is 0 Å². The fraction of sp³-hybridized carbons (Fsp3) is 0.600. The van der Waals surface area contributed by atoms with Gasteiger partial charge in [0, 0.05) is 0 Å². The molecule has 0 aromatic heterocycles. The summed E-state index contributed by atoms with van der Waals surface area (Å²) in [5.41, 5.74) is 1.47. The number of rotatable bonds is 3.